The van der Waals surface area contributed by atoms with E-state index in [1.54, 1.807) is 7.16 Å². The molecule has 2 rings (SSSR count). The third-order valence-corrected chi connectivity index (χ3v) is 7.34. The monoisotopic (exact) mass is 386 g/mol. The van der Waals surface area contributed by atoms with Crippen molar-refractivity contribution in [1.29, 1.82) is 0 Å². The molecule has 0 nitrogen and oxygen atoms in total. The van der Waals surface area contributed by atoms with Gasteiger partial charge in [0.25, 0.3) is 0 Å². The molecule has 0 saturated heterocycles. The molecule has 0 atom stereocenters. The number of hydrogen-bond donors (Lipinski definition) is 0. The van der Waals surface area contributed by atoms with Gasteiger partial charge < -0.3 is 0 Å². The number of benzene rings is 2. The summed E-state index contributed by atoms with van der Waals surface area (Å²) in [5.74, 6) is 0. The van der Waals surface area contributed by atoms with Crippen LogP contribution in [0, 0.1) is 0 Å². The first-order valence-corrected chi connectivity index (χ1v) is 10.5. The van der Waals surface area contributed by atoms with Gasteiger partial charge in [0.2, 0.25) is 0 Å². The molecule has 1 heteroatoms. The van der Waals surface area contributed by atoms with Crippen LogP contribution in [0.25, 0.3) is 0 Å². The first kappa shape index (κ1) is 16.6. The van der Waals surface area contributed by atoms with Gasteiger partial charge in [0.05, 0.1) is 0 Å². The van der Waals surface area contributed by atoms with Crippen molar-refractivity contribution in [2.24, 2.45) is 0 Å². The summed E-state index contributed by atoms with van der Waals surface area (Å²) < 4.78 is 3.10. The van der Waals surface area contributed by atoms with E-state index in [0.29, 0.717) is 0 Å². The summed E-state index contributed by atoms with van der Waals surface area (Å²) >= 11 is -0.659. The zero-order valence-corrected chi connectivity index (χ0v) is 17.0. The Balaban J connectivity index is 2.12. The van der Waals surface area contributed by atoms with Crippen molar-refractivity contribution in [2.75, 3.05) is 0 Å². The fourth-order valence-corrected chi connectivity index (χ4v) is 5.13. The Labute approximate surface area is 140 Å². The van der Waals surface area contributed by atoms with Gasteiger partial charge in [0.15, 0.2) is 0 Å². The summed E-state index contributed by atoms with van der Waals surface area (Å²) in [4.78, 5) is 0. The Morgan fingerprint density at radius 1 is 0.524 bits per heavy atom. The molecule has 0 aliphatic rings. The van der Waals surface area contributed by atoms with Gasteiger partial charge in [-0.3, -0.25) is 0 Å². The van der Waals surface area contributed by atoms with Crippen LogP contribution >= 0.6 is 0 Å². The van der Waals surface area contributed by atoms with E-state index in [0.717, 1.165) is 0 Å². The molecule has 110 valence electrons. The molecule has 0 heterocycles. The summed E-state index contributed by atoms with van der Waals surface area (Å²) in [6.07, 6.45) is 0. The van der Waals surface area contributed by atoms with Crippen LogP contribution in [0.15, 0.2) is 48.5 Å². The summed E-state index contributed by atoms with van der Waals surface area (Å²) in [5, 5.41) is 0. The molecule has 0 fully saturated rings. The fourth-order valence-electron chi connectivity index (χ4n) is 2.27. The summed E-state index contributed by atoms with van der Waals surface area (Å²) in [7, 11) is 0. The molecule has 2 radical (unpaired) electrons. The predicted molar refractivity (Wildman–Crippen MR) is 95.3 cm³/mol. The Kier molecular flexibility index (Phi) is 4.87. The van der Waals surface area contributed by atoms with Crippen molar-refractivity contribution in [3.63, 3.8) is 0 Å². The van der Waals surface area contributed by atoms with Crippen molar-refractivity contribution < 1.29 is 0 Å². The molecule has 0 bridgehead atoms. The van der Waals surface area contributed by atoms with Crippen LogP contribution in [-0.4, -0.2) is 21.1 Å². The molecule has 0 aliphatic heterocycles. The molecule has 21 heavy (non-hydrogen) atoms. The Morgan fingerprint density at radius 2 is 0.810 bits per heavy atom. The van der Waals surface area contributed by atoms with E-state index in [-0.39, 0.29) is 10.8 Å². The molecule has 0 amide bonds. The van der Waals surface area contributed by atoms with E-state index in [4.69, 9.17) is 0 Å². The molecular formula is C20H26Sn. The topological polar surface area (TPSA) is 0 Å². The van der Waals surface area contributed by atoms with Crippen LogP contribution in [0.4, 0.5) is 0 Å². The van der Waals surface area contributed by atoms with E-state index in [1.807, 2.05) is 0 Å². The summed E-state index contributed by atoms with van der Waals surface area (Å²) in [5.41, 5.74) is 3.35. The molecule has 2 aromatic carbocycles. The van der Waals surface area contributed by atoms with Crippen molar-refractivity contribution in [3.8, 4) is 0 Å². The second-order valence-electron chi connectivity index (χ2n) is 7.78. The Morgan fingerprint density at radius 3 is 1.05 bits per heavy atom. The van der Waals surface area contributed by atoms with Crippen molar-refractivity contribution in [3.05, 3.63) is 59.7 Å². The second-order valence-corrected chi connectivity index (χ2v) is 11.8. The van der Waals surface area contributed by atoms with Crippen LogP contribution in [-0.2, 0) is 10.8 Å². The number of hydrogen-bond acceptors (Lipinski definition) is 0. The molecule has 2 aromatic rings. The van der Waals surface area contributed by atoms with Crippen LogP contribution in [0.2, 0.25) is 0 Å². The molecule has 0 unspecified atom stereocenters. The maximum atomic E-state index is 2.34. The SMILES string of the molecule is CC(C)(C)c1cc[c]([Sn][c]2ccc(C(C)(C)C)cc2)cc1. The van der Waals surface area contributed by atoms with E-state index in [1.165, 1.54) is 11.1 Å². The molecule has 0 aromatic heterocycles. The zero-order chi connectivity index (χ0) is 15.7. The van der Waals surface area contributed by atoms with E-state index in [9.17, 15) is 0 Å². The molecule has 0 spiro atoms. The Bertz CT molecular complexity index is 522. The van der Waals surface area contributed by atoms with Gasteiger partial charge >= 0.3 is 140 Å². The summed E-state index contributed by atoms with van der Waals surface area (Å²) in [6, 6.07) is 18.6. The van der Waals surface area contributed by atoms with Crippen molar-refractivity contribution in [2.45, 2.75) is 52.4 Å². The fraction of sp³-hybridized carbons (Fsp3) is 0.400. The minimum atomic E-state index is -0.659. The van der Waals surface area contributed by atoms with Gasteiger partial charge in [0.1, 0.15) is 0 Å². The molecular weight excluding hydrogens is 359 g/mol. The third kappa shape index (κ3) is 4.60. The third-order valence-electron chi connectivity index (χ3n) is 3.79. The minimum absolute atomic E-state index is 0.248. The Hall–Kier alpha value is -0.761. The van der Waals surface area contributed by atoms with Gasteiger partial charge in [-0.2, -0.15) is 0 Å². The maximum absolute atomic E-state index is 2.34. The standard InChI is InChI=1S/2C10H13.Sn/c2*1-10(2,3)9-7-5-4-6-8-9;/h2*5-8H,1-3H3;. The van der Waals surface area contributed by atoms with E-state index < -0.39 is 21.1 Å². The van der Waals surface area contributed by atoms with Crippen LogP contribution < -0.4 is 7.16 Å². The quantitative estimate of drug-likeness (QED) is 0.688. The van der Waals surface area contributed by atoms with Gasteiger partial charge in [0, 0.05) is 0 Å². The van der Waals surface area contributed by atoms with Crippen LogP contribution in [0.5, 0.6) is 0 Å². The molecule has 0 N–H and O–H groups in total. The first-order chi connectivity index (χ1) is 9.66. The van der Waals surface area contributed by atoms with E-state index in [2.05, 4.69) is 90.1 Å². The van der Waals surface area contributed by atoms with Gasteiger partial charge in [-0.05, 0) is 0 Å². The normalized spacial score (nSPS) is 12.5. The average molecular weight is 385 g/mol. The number of rotatable bonds is 2. The average Bonchev–Trinajstić information content (AvgIpc) is 2.38. The summed E-state index contributed by atoms with van der Waals surface area (Å²) in [6.45, 7) is 13.6. The van der Waals surface area contributed by atoms with E-state index >= 15 is 0 Å². The molecule has 0 saturated carbocycles. The predicted octanol–water partition coefficient (Wildman–Crippen LogP) is 3.94. The van der Waals surface area contributed by atoms with Gasteiger partial charge in [-0.25, -0.2) is 0 Å². The van der Waals surface area contributed by atoms with Gasteiger partial charge in [-0.15, -0.1) is 0 Å². The molecule has 0 aliphatic carbocycles. The van der Waals surface area contributed by atoms with Crippen molar-refractivity contribution in [1.82, 2.24) is 0 Å². The zero-order valence-electron chi connectivity index (χ0n) is 14.1. The van der Waals surface area contributed by atoms with Crippen molar-refractivity contribution >= 4 is 28.3 Å². The first-order valence-electron chi connectivity index (χ1n) is 7.64. The second kappa shape index (κ2) is 6.16. The van der Waals surface area contributed by atoms with Gasteiger partial charge in [-0.1, -0.05) is 0 Å². The van der Waals surface area contributed by atoms with Crippen LogP contribution in [0.1, 0.15) is 52.7 Å². The van der Waals surface area contributed by atoms with Crippen LogP contribution in [0.3, 0.4) is 0 Å².